The van der Waals surface area contributed by atoms with Gasteiger partial charge in [0.25, 0.3) is 11.5 Å². The number of nitrogens with one attached hydrogen (secondary N) is 1. The van der Waals surface area contributed by atoms with Crippen LogP contribution in [0.1, 0.15) is 29.6 Å². The number of amides is 1. The molecule has 2 heterocycles. The molecule has 0 aliphatic carbocycles. The fraction of sp³-hybridized carbons (Fsp3) is 0.389. The number of hydrogen-bond acceptors (Lipinski definition) is 5. The highest BCUT2D eigenvalue weighted by Crippen LogP contribution is 2.20. The summed E-state index contributed by atoms with van der Waals surface area (Å²) in [4.78, 5) is 24.0. The second kappa shape index (κ2) is 8.45. The lowest BCUT2D eigenvalue weighted by atomic mass is 10.2. The summed E-state index contributed by atoms with van der Waals surface area (Å²) < 4.78 is 28.0. The molecule has 1 aromatic heterocycles. The van der Waals surface area contributed by atoms with Gasteiger partial charge in [-0.3, -0.25) is 9.59 Å². The van der Waals surface area contributed by atoms with Gasteiger partial charge in [-0.05, 0) is 43.2 Å². The first-order chi connectivity index (χ1) is 13.0. The molecule has 27 heavy (non-hydrogen) atoms. The van der Waals surface area contributed by atoms with E-state index < -0.39 is 10.0 Å². The molecule has 0 bridgehead atoms. The maximum Gasteiger partial charge on any atom is 0.266 e. The summed E-state index contributed by atoms with van der Waals surface area (Å²) in [5.41, 5.74) is 0.125. The molecule has 0 saturated carbocycles. The predicted molar refractivity (Wildman–Crippen MR) is 99.9 cm³/mol. The molecule has 1 aliphatic rings. The van der Waals surface area contributed by atoms with Crippen molar-refractivity contribution in [3.05, 3.63) is 58.5 Å². The van der Waals surface area contributed by atoms with E-state index in [1.807, 2.05) is 0 Å². The number of aromatic nitrogens is 2. The van der Waals surface area contributed by atoms with Gasteiger partial charge >= 0.3 is 0 Å². The van der Waals surface area contributed by atoms with E-state index in [4.69, 9.17) is 0 Å². The Morgan fingerprint density at radius 2 is 1.78 bits per heavy atom. The standard InChI is InChI=1S/C18H22N4O4S/c23-17-5-4-10-20-22(17)14-11-19-18(24)15-6-8-16(9-7-15)27(25,26)21-12-2-1-3-13-21/h4-10H,1-3,11-14H2,(H,19,24). The Labute approximate surface area is 157 Å². The Morgan fingerprint density at radius 1 is 1.07 bits per heavy atom. The molecule has 1 amide bonds. The molecule has 2 aromatic rings. The van der Waals surface area contributed by atoms with Crippen molar-refractivity contribution in [2.45, 2.75) is 30.7 Å². The van der Waals surface area contributed by atoms with Crippen LogP contribution in [0.25, 0.3) is 0 Å². The van der Waals surface area contributed by atoms with Crippen LogP contribution in [-0.4, -0.2) is 48.0 Å². The number of piperidine rings is 1. The number of carbonyl (C=O) groups is 1. The molecule has 1 N–H and O–H groups in total. The van der Waals surface area contributed by atoms with E-state index in [2.05, 4.69) is 10.4 Å². The summed E-state index contributed by atoms with van der Waals surface area (Å²) in [5, 5.41) is 6.61. The summed E-state index contributed by atoms with van der Waals surface area (Å²) in [6.45, 7) is 1.57. The second-order valence-corrected chi connectivity index (χ2v) is 8.27. The van der Waals surface area contributed by atoms with Crippen molar-refractivity contribution < 1.29 is 13.2 Å². The minimum Gasteiger partial charge on any atom is -0.350 e. The van der Waals surface area contributed by atoms with E-state index >= 15 is 0 Å². The van der Waals surface area contributed by atoms with E-state index in [1.165, 1.54) is 45.5 Å². The molecule has 1 aromatic carbocycles. The van der Waals surface area contributed by atoms with Crippen LogP contribution in [-0.2, 0) is 16.6 Å². The highest BCUT2D eigenvalue weighted by atomic mass is 32.2. The monoisotopic (exact) mass is 390 g/mol. The maximum atomic E-state index is 12.6. The zero-order chi connectivity index (χ0) is 19.3. The van der Waals surface area contributed by atoms with Gasteiger partial charge in [-0.15, -0.1) is 0 Å². The highest BCUT2D eigenvalue weighted by molar-refractivity contribution is 7.89. The van der Waals surface area contributed by atoms with Crippen molar-refractivity contribution in [1.29, 1.82) is 0 Å². The van der Waals surface area contributed by atoms with Crippen molar-refractivity contribution in [1.82, 2.24) is 19.4 Å². The molecular formula is C18H22N4O4S. The van der Waals surface area contributed by atoms with Crippen LogP contribution in [0.4, 0.5) is 0 Å². The first-order valence-electron chi connectivity index (χ1n) is 8.89. The van der Waals surface area contributed by atoms with E-state index in [0.717, 1.165) is 19.3 Å². The molecule has 144 valence electrons. The molecule has 1 saturated heterocycles. The van der Waals surface area contributed by atoms with Gasteiger partial charge in [0.05, 0.1) is 11.4 Å². The SMILES string of the molecule is O=C(NCCn1ncccc1=O)c1ccc(S(=O)(=O)N2CCCCC2)cc1. The number of benzene rings is 1. The van der Waals surface area contributed by atoms with Crippen LogP contribution in [0.3, 0.4) is 0 Å². The van der Waals surface area contributed by atoms with Gasteiger partial charge in [-0.2, -0.15) is 9.40 Å². The van der Waals surface area contributed by atoms with Crippen LogP contribution in [0.2, 0.25) is 0 Å². The number of carbonyl (C=O) groups excluding carboxylic acids is 1. The fourth-order valence-electron chi connectivity index (χ4n) is 2.97. The summed E-state index contributed by atoms with van der Waals surface area (Å²) in [6.07, 6.45) is 4.30. The van der Waals surface area contributed by atoms with E-state index in [-0.39, 0.29) is 29.5 Å². The Kier molecular flexibility index (Phi) is 6.02. The zero-order valence-corrected chi connectivity index (χ0v) is 15.7. The van der Waals surface area contributed by atoms with Crippen LogP contribution >= 0.6 is 0 Å². The number of rotatable bonds is 6. The van der Waals surface area contributed by atoms with E-state index in [0.29, 0.717) is 18.7 Å². The van der Waals surface area contributed by atoms with Crippen LogP contribution in [0.15, 0.2) is 52.3 Å². The third kappa shape index (κ3) is 4.61. The van der Waals surface area contributed by atoms with Crippen molar-refractivity contribution >= 4 is 15.9 Å². The lowest BCUT2D eigenvalue weighted by Gasteiger charge is -2.25. The van der Waals surface area contributed by atoms with Gasteiger partial charge in [0.1, 0.15) is 0 Å². The summed E-state index contributed by atoms with van der Waals surface area (Å²) >= 11 is 0. The first-order valence-corrected chi connectivity index (χ1v) is 10.3. The molecule has 0 unspecified atom stereocenters. The molecular weight excluding hydrogens is 368 g/mol. The first kappa shape index (κ1) is 19.2. The highest BCUT2D eigenvalue weighted by Gasteiger charge is 2.25. The lowest BCUT2D eigenvalue weighted by molar-refractivity contribution is 0.0951. The Balaban J connectivity index is 1.60. The molecule has 1 fully saturated rings. The maximum absolute atomic E-state index is 12.6. The normalized spacial score (nSPS) is 15.4. The van der Waals surface area contributed by atoms with Crippen LogP contribution in [0.5, 0.6) is 0 Å². The van der Waals surface area contributed by atoms with Crippen molar-refractivity contribution in [2.24, 2.45) is 0 Å². The molecule has 0 spiro atoms. The third-order valence-electron chi connectivity index (χ3n) is 4.46. The molecule has 0 atom stereocenters. The number of nitrogens with zero attached hydrogens (tertiary/aromatic N) is 3. The average molecular weight is 390 g/mol. The van der Waals surface area contributed by atoms with Gasteiger partial charge < -0.3 is 5.32 Å². The summed E-state index contributed by atoms with van der Waals surface area (Å²) in [5.74, 6) is -0.332. The minimum atomic E-state index is -3.51. The third-order valence-corrected chi connectivity index (χ3v) is 6.38. The molecule has 3 rings (SSSR count). The largest absolute Gasteiger partial charge is 0.350 e. The summed E-state index contributed by atoms with van der Waals surface area (Å²) in [7, 11) is -3.51. The van der Waals surface area contributed by atoms with Gasteiger partial charge in [-0.25, -0.2) is 13.1 Å². The Hall–Kier alpha value is -2.52. The minimum absolute atomic E-state index is 0.195. The van der Waals surface area contributed by atoms with Crippen molar-refractivity contribution in [3.63, 3.8) is 0 Å². The smallest absolute Gasteiger partial charge is 0.266 e. The topological polar surface area (TPSA) is 101 Å². The van der Waals surface area contributed by atoms with Crippen molar-refractivity contribution in [2.75, 3.05) is 19.6 Å². The summed E-state index contributed by atoms with van der Waals surface area (Å²) in [6, 6.07) is 8.87. The Bertz CT molecular complexity index is 948. The van der Waals surface area contributed by atoms with E-state index in [9.17, 15) is 18.0 Å². The predicted octanol–water partition coefficient (Wildman–Crippen LogP) is 0.848. The van der Waals surface area contributed by atoms with Gasteiger partial charge in [-0.1, -0.05) is 6.42 Å². The van der Waals surface area contributed by atoms with Gasteiger partial charge in [0, 0.05) is 37.5 Å². The molecule has 1 aliphatic heterocycles. The van der Waals surface area contributed by atoms with Crippen molar-refractivity contribution in [3.8, 4) is 0 Å². The number of sulfonamides is 1. The lowest BCUT2D eigenvalue weighted by Crippen LogP contribution is -2.35. The quantitative estimate of drug-likeness (QED) is 0.788. The second-order valence-electron chi connectivity index (χ2n) is 6.33. The van der Waals surface area contributed by atoms with Gasteiger partial charge in [0.15, 0.2) is 0 Å². The molecule has 0 radical (unpaired) electrons. The van der Waals surface area contributed by atoms with Gasteiger partial charge in [0.2, 0.25) is 10.0 Å². The van der Waals surface area contributed by atoms with Crippen LogP contribution in [0, 0.1) is 0 Å². The molecule has 9 heteroatoms. The fourth-order valence-corrected chi connectivity index (χ4v) is 4.48. The Morgan fingerprint density at radius 3 is 2.44 bits per heavy atom. The number of hydrogen-bond donors (Lipinski definition) is 1. The molecule has 8 nitrogen and oxygen atoms in total. The zero-order valence-electron chi connectivity index (χ0n) is 14.9. The van der Waals surface area contributed by atoms with E-state index in [1.54, 1.807) is 6.07 Å². The van der Waals surface area contributed by atoms with Crippen LogP contribution < -0.4 is 10.9 Å². The average Bonchev–Trinajstić information content (AvgIpc) is 2.70.